The molecule has 3 heterocycles. The van der Waals surface area contributed by atoms with Crippen molar-refractivity contribution in [2.45, 2.75) is 44.6 Å². The maximum Gasteiger partial charge on any atom is 0.314 e. The van der Waals surface area contributed by atoms with E-state index in [1.807, 2.05) is 12.1 Å². The Kier molecular flexibility index (Phi) is 4.92. The molecule has 1 unspecified atom stereocenters. The zero-order valence-electron chi connectivity index (χ0n) is 16.1. The molecular formula is C22H27N3O2. The van der Waals surface area contributed by atoms with E-state index >= 15 is 0 Å². The van der Waals surface area contributed by atoms with Crippen molar-refractivity contribution >= 4 is 16.9 Å². The number of benzene rings is 1. The summed E-state index contributed by atoms with van der Waals surface area (Å²) >= 11 is 0. The topological polar surface area (TPSA) is 69.1 Å². The highest BCUT2D eigenvalue weighted by molar-refractivity contribution is 5.88. The lowest BCUT2D eigenvalue weighted by atomic mass is 9.78. The van der Waals surface area contributed by atoms with Gasteiger partial charge < -0.3 is 9.72 Å². The molecule has 0 saturated carbocycles. The van der Waals surface area contributed by atoms with Gasteiger partial charge in [-0.3, -0.25) is 9.69 Å². The second kappa shape index (κ2) is 7.36. The average Bonchev–Trinajstić information content (AvgIpc) is 3.08. The summed E-state index contributed by atoms with van der Waals surface area (Å²) < 4.78 is 5.19. The van der Waals surface area contributed by atoms with Gasteiger partial charge in [0.1, 0.15) is 6.04 Å². The molecule has 5 nitrogen and oxygen atoms in total. The molecule has 1 fully saturated rings. The van der Waals surface area contributed by atoms with Gasteiger partial charge >= 0.3 is 5.97 Å². The number of carbonyl (C=O) groups excluding carboxylic acids is 1. The Bertz CT molecular complexity index is 881. The van der Waals surface area contributed by atoms with Crippen LogP contribution in [0.3, 0.4) is 0 Å². The zero-order valence-corrected chi connectivity index (χ0v) is 16.1. The van der Waals surface area contributed by atoms with E-state index in [0.717, 1.165) is 50.0 Å². The molecule has 4 rings (SSSR count). The molecule has 0 spiro atoms. The summed E-state index contributed by atoms with van der Waals surface area (Å²) in [5, 5.41) is 11.0. The Morgan fingerprint density at radius 2 is 2.19 bits per heavy atom. The Labute approximate surface area is 160 Å². The van der Waals surface area contributed by atoms with E-state index in [4.69, 9.17) is 4.74 Å². The normalized spacial score (nSPS) is 30.5. The van der Waals surface area contributed by atoms with Crippen LogP contribution in [0.2, 0.25) is 0 Å². The number of esters is 1. The molecule has 0 radical (unpaired) electrons. The van der Waals surface area contributed by atoms with Crippen LogP contribution in [0.5, 0.6) is 0 Å². The smallest absolute Gasteiger partial charge is 0.314 e. The first kappa shape index (κ1) is 18.1. The van der Waals surface area contributed by atoms with Crippen LogP contribution in [0, 0.1) is 23.2 Å². The summed E-state index contributed by atoms with van der Waals surface area (Å²) in [6.45, 7) is 3.92. The number of hydrogen-bond acceptors (Lipinski definition) is 4. The fourth-order valence-electron chi connectivity index (χ4n) is 5.20. The van der Waals surface area contributed by atoms with Gasteiger partial charge in [0, 0.05) is 29.7 Å². The number of nitrogens with zero attached hydrogens (tertiary/aromatic N) is 2. The van der Waals surface area contributed by atoms with Gasteiger partial charge in [-0.25, -0.2) is 0 Å². The van der Waals surface area contributed by atoms with Crippen LogP contribution < -0.4 is 0 Å². The van der Waals surface area contributed by atoms with Gasteiger partial charge in [-0.1, -0.05) is 31.5 Å². The minimum Gasteiger partial charge on any atom is -0.469 e. The maximum atomic E-state index is 12.7. The Balaban J connectivity index is 1.80. The summed E-state index contributed by atoms with van der Waals surface area (Å²) in [6.07, 6.45) is 3.63. The van der Waals surface area contributed by atoms with E-state index in [9.17, 15) is 10.1 Å². The van der Waals surface area contributed by atoms with Gasteiger partial charge in [0.25, 0.3) is 0 Å². The van der Waals surface area contributed by atoms with Gasteiger partial charge in [-0.2, -0.15) is 5.26 Å². The minimum atomic E-state index is -0.265. The van der Waals surface area contributed by atoms with E-state index in [1.54, 1.807) is 0 Å². The predicted molar refractivity (Wildman–Crippen MR) is 104 cm³/mol. The highest BCUT2D eigenvalue weighted by atomic mass is 16.5. The van der Waals surface area contributed by atoms with Gasteiger partial charge in [-0.15, -0.1) is 0 Å². The van der Waals surface area contributed by atoms with E-state index in [2.05, 4.69) is 35.0 Å². The molecule has 1 aromatic carbocycles. The Hall–Kier alpha value is -2.32. The zero-order chi connectivity index (χ0) is 19.0. The summed E-state index contributed by atoms with van der Waals surface area (Å²) in [4.78, 5) is 18.6. The maximum absolute atomic E-state index is 12.7. The van der Waals surface area contributed by atoms with Crippen molar-refractivity contribution in [2.75, 3.05) is 20.2 Å². The number of ether oxygens (including phenoxy) is 1. The van der Waals surface area contributed by atoms with E-state index in [1.165, 1.54) is 18.1 Å². The number of methoxy groups -OCH3 is 1. The van der Waals surface area contributed by atoms with Crippen LogP contribution in [0.4, 0.5) is 0 Å². The second-order valence-electron chi connectivity index (χ2n) is 7.96. The van der Waals surface area contributed by atoms with Crippen LogP contribution in [0.1, 0.15) is 43.4 Å². The lowest BCUT2D eigenvalue weighted by Crippen LogP contribution is -2.48. The number of nitriles is 1. The molecule has 2 aromatic rings. The summed E-state index contributed by atoms with van der Waals surface area (Å²) in [5.41, 5.74) is 3.29. The molecule has 142 valence electrons. The molecule has 2 aliphatic rings. The monoisotopic (exact) mass is 365 g/mol. The van der Waals surface area contributed by atoms with Crippen molar-refractivity contribution in [1.29, 1.82) is 5.26 Å². The standard InChI is InChI=1S/C22H27N3O2/c1-3-15-10-14-11-18(22(26)27-2)21-17(8-9-25(13-14)20(15)12-23)16-6-4-5-7-19(16)24-21/h4-7,14-15,18,20,24H,3,8-11,13H2,1-2H3/t14-,15-,18-,20+/m0/s1. The molecule has 0 amide bonds. The first-order valence-electron chi connectivity index (χ1n) is 9.97. The highest BCUT2D eigenvalue weighted by Crippen LogP contribution is 2.40. The number of aromatic nitrogens is 1. The lowest BCUT2D eigenvalue weighted by Gasteiger charge is -2.41. The Morgan fingerprint density at radius 3 is 2.93 bits per heavy atom. The number of rotatable bonds is 2. The van der Waals surface area contributed by atoms with Gasteiger partial charge in [0.05, 0.1) is 19.1 Å². The molecule has 27 heavy (non-hydrogen) atoms. The average molecular weight is 365 g/mol. The number of piperidine rings is 1. The van der Waals surface area contributed by atoms with Crippen LogP contribution in [0.25, 0.3) is 10.9 Å². The lowest BCUT2D eigenvalue weighted by molar-refractivity contribution is -0.143. The quantitative estimate of drug-likeness (QED) is 0.826. The van der Waals surface area contributed by atoms with Crippen LogP contribution >= 0.6 is 0 Å². The summed E-state index contributed by atoms with van der Waals surface area (Å²) in [6, 6.07) is 10.8. The third-order valence-corrected chi connectivity index (χ3v) is 6.52. The van der Waals surface area contributed by atoms with Crippen LogP contribution in [-0.4, -0.2) is 42.1 Å². The van der Waals surface area contributed by atoms with Crippen molar-refractivity contribution in [2.24, 2.45) is 11.8 Å². The molecule has 1 aromatic heterocycles. The third kappa shape index (κ3) is 3.12. The Morgan fingerprint density at radius 1 is 1.37 bits per heavy atom. The second-order valence-corrected chi connectivity index (χ2v) is 7.96. The predicted octanol–water partition coefficient (Wildman–Crippen LogP) is 3.61. The molecule has 0 aliphatic carbocycles. The fraction of sp³-hybridized carbons (Fsp3) is 0.545. The molecule has 1 saturated heterocycles. The van der Waals surface area contributed by atoms with Crippen LogP contribution in [0.15, 0.2) is 24.3 Å². The molecule has 2 aliphatic heterocycles. The fourth-order valence-corrected chi connectivity index (χ4v) is 5.20. The summed E-state index contributed by atoms with van der Waals surface area (Å²) in [7, 11) is 1.48. The SMILES string of the molecule is CC[C@H]1C[C@H]2C[C@H](C(=O)OC)c3[nH]c4ccccc4c3CCN(C2)[C@@H]1C#N. The number of nitrogens with one attached hydrogen (secondary N) is 1. The van der Waals surface area contributed by atoms with Crippen molar-refractivity contribution in [3.63, 3.8) is 0 Å². The molecule has 5 heteroatoms. The van der Waals surface area contributed by atoms with Crippen molar-refractivity contribution in [3.05, 3.63) is 35.5 Å². The molecular weight excluding hydrogens is 338 g/mol. The minimum absolute atomic E-state index is 0.0189. The number of H-pyrrole nitrogens is 1. The number of fused-ring (bicyclic) bond motifs is 5. The first-order chi connectivity index (χ1) is 13.2. The van der Waals surface area contributed by atoms with E-state index < -0.39 is 0 Å². The van der Waals surface area contributed by atoms with Crippen molar-refractivity contribution in [1.82, 2.24) is 9.88 Å². The van der Waals surface area contributed by atoms with Crippen molar-refractivity contribution < 1.29 is 9.53 Å². The number of carbonyl (C=O) groups is 1. The number of aromatic amines is 1. The van der Waals surface area contributed by atoms with E-state index in [-0.39, 0.29) is 17.9 Å². The highest BCUT2D eigenvalue weighted by Gasteiger charge is 2.39. The third-order valence-electron chi connectivity index (χ3n) is 6.52. The van der Waals surface area contributed by atoms with E-state index in [0.29, 0.717) is 11.8 Å². The molecule has 2 bridgehead atoms. The largest absolute Gasteiger partial charge is 0.469 e. The van der Waals surface area contributed by atoms with Gasteiger partial charge in [0.2, 0.25) is 0 Å². The molecule has 5 atom stereocenters. The van der Waals surface area contributed by atoms with Crippen molar-refractivity contribution in [3.8, 4) is 6.07 Å². The first-order valence-corrected chi connectivity index (χ1v) is 9.97. The number of hydrogen-bond donors (Lipinski definition) is 1. The van der Waals surface area contributed by atoms with Crippen LogP contribution in [-0.2, 0) is 16.0 Å². The van der Waals surface area contributed by atoms with Gasteiger partial charge in [0.15, 0.2) is 0 Å². The molecule has 1 N–H and O–H groups in total. The number of para-hydroxylation sites is 1. The van der Waals surface area contributed by atoms with Gasteiger partial charge in [-0.05, 0) is 42.7 Å². The summed E-state index contributed by atoms with van der Waals surface area (Å²) in [5.74, 6) is 0.353.